The topological polar surface area (TPSA) is 46.5 Å². The summed E-state index contributed by atoms with van der Waals surface area (Å²) in [5, 5.41) is 10.6. The minimum atomic E-state index is -3.58. The lowest BCUT2D eigenvalue weighted by Gasteiger charge is -2.13. The van der Waals surface area contributed by atoms with Crippen molar-refractivity contribution in [2.75, 3.05) is 6.61 Å². The first-order valence-corrected chi connectivity index (χ1v) is 5.15. The van der Waals surface area contributed by atoms with Crippen molar-refractivity contribution in [2.24, 2.45) is 0 Å². The smallest absolute Gasteiger partial charge is 0.377 e. The number of hydrogen-bond donors (Lipinski definition) is 1. The molecule has 0 atom stereocenters. The van der Waals surface area contributed by atoms with Crippen LogP contribution >= 0.6 is 11.3 Å². The highest BCUT2D eigenvalue weighted by molar-refractivity contribution is 7.10. The molecule has 0 saturated carbocycles. The molecule has 1 rings (SSSR count). The lowest BCUT2D eigenvalue weighted by molar-refractivity contribution is -0.171. The van der Waals surface area contributed by atoms with Crippen molar-refractivity contribution in [3.8, 4) is 5.75 Å². The van der Waals surface area contributed by atoms with Gasteiger partial charge in [0, 0.05) is 0 Å². The molecule has 15 heavy (non-hydrogen) atoms. The average Bonchev–Trinajstić information content (AvgIpc) is 2.52. The molecular formula is C9H10F2O3S. The molecule has 0 unspecified atom stereocenters. The first kappa shape index (κ1) is 11.9. The lowest BCUT2D eigenvalue weighted by atomic mass is 10.2. The first-order valence-electron chi connectivity index (χ1n) is 4.27. The van der Waals surface area contributed by atoms with E-state index in [1.165, 1.54) is 18.4 Å². The Labute approximate surface area is 89.3 Å². The predicted octanol–water partition coefficient (Wildman–Crippen LogP) is 2.19. The van der Waals surface area contributed by atoms with Gasteiger partial charge in [0.2, 0.25) is 0 Å². The quantitative estimate of drug-likeness (QED) is 0.815. The Morgan fingerprint density at radius 3 is 2.80 bits per heavy atom. The zero-order valence-electron chi connectivity index (χ0n) is 8.00. The van der Waals surface area contributed by atoms with Crippen LogP contribution in [0.1, 0.15) is 11.8 Å². The van der Waals surface area contributed by atoms with E-state index in [0.29, 0.717) is 0 Å². The summed E-state index contributed by atoms with van der Waals surface area (Å²) in [7, 11) is 0. The van der Waals surface area contributed by atoms with Gasteiger partial charge in [-0.15, -0.1) is 11.3 Å². The van der Waals surface area contributed by atoms with Crippen LogP contribution in [0.15, 0.2) is 11.4 Å². The number of alkyl halides is 2. The van der Waals surface area contributed by atoms with Crippen LogP contribution in [0, 0.1) is 0 Å². The summed E-state index contributed by atoms with van der Waals surface area (Å²) in [5.74, 6) is -5.36. The van der Waals surface area contributed by atoms with Gasteiger partial charge < -0.3 is 9.84 Å². The van der Waals surface area contributed by atoms with Crippen molar-refractivity contribution >= 4 is 17.3 Å². The molecular weight excluding hydrogens is 226 g/mol. The molecule has 0 amide bonds. The maximum absolute atomic E-state index is 13.2. The monoisotopic (exact) mass is 236 g/mol. The summed E-state index contributed by atoms with van der Waals surface area (Å²) in [4.78, 5) is 10.9. The van der Waals surface area contributed by atoms with E-state index in [4.69, 9.17) is 5.11 Å². The van der Waals surface area contributed by atoms with E-state index in [9.17, 15) is 13.6 Å². The van der Waals surface area contributed by atoms with Crippen molar-refractivity contribution in [1.29, 1.82) is 0 Å². The number of carbonyl (C=O) groups is 1. The van der Waals surface area contributed by atoms with Crippen molar-refractivity contribution in [1.82, 2.24) is 0 Å². The molecule has 0 bridgehead atoms. The zero-order valence-corrected chi connectivity index (χ0v) is 8.81. The number of esters is 1. The van der Waals surface area contributed by atoms with Gasteiger partial charge in [0.05, 0.1) is 17.9 Å². The van der Waals surface area contributed by atoms with E-state index in [-0.39, 0.29) is 17.2 Å². The van der Waals surface area contributed by atoms with Crippen LogP contribution in [-0.2, 0) is 16.0 Å². The molecule has 1 aromatic rings. The van der Waals surface area contributed by atoms with Crippen molar-refractivity contribution in [3.05, 3.63) is 16.3 Å². The number of hydrogen-bond acceptors (Lipinski definition) is 4. The number of ether oxygens (including phenoxy) is 1. The molecule has 0 aliphatic rings. The molecule has 1 heterocycles. The number of aromatic hydroxyl groups is 1. The van der Waals surface area contributed by atoms with Crippen LogP contribution in [0.2, 0.25) is 0 Å². The maximum Gasteiger partial charge on any atom is 0.377 e. The van der Waals surface area contributed by atoms with E-state index < -0.39 is 18.3 Å². The van der Waals surface area contributed by atoms with Crippen LogP contribution in [0.5, 0.6) is 5.75 Å². The van der Waals surface area contributed by atoms with Gasteiger partial charge in [0.1, 0.15) is 5.75 Å². The normalized spacial score (nSPS) is 11.4. The molecule has 0 aliphatic carbocycles. The molecule has 3 nitrogen and oxygen atoms in total. The highest BCUT2D eigenvalue weighted by Gasteiger charge is 2.41. The maximum atomic E-state index is 13.2. The van der Waals surface area contributed by atoms with Gasteiger partial charge in [-0.25, -0.2) is 4.79 Å². The summed E-state index contributed by atoms with van der Waals surface area (Å²) in [6.45, 7) is 1.36. The summed E-state index contributed by atoms with van der Waals surface area (Å²) >= 11 is 0.974. The standard InChI is InChI=1S/C9H10F2O3S/c1-2-14-8(13)9(10,11)5-7-6(12)3-4-15-7/h3-4,12H,2,5H2,1H3. The summed E-state index contributed by atoms with van der Waals surface area (Å²) in [6.07, 6.45) is -0.824. The Morgan fingerprint density at radius 2 is 2.33 bits per heavy atom. The molecule has 1 N–H and O–H groups in total. The van der Waals surface area contributed by atoms with Gasteiger partial charge in [-0.05, 0) is 18.4 Å². The summed E-state index contributed by atoms with van der Waals surface area (Å²) in [5.41, 5.74) is 0. The second-order valence-electron chi connectivity index (χ2n) is 2.83. The summed E-state index contributed by atoms with van der Waals surface area (Å²) < 4.78 is 30.6. The Morgan fingerprint density at radius 1 is 1.67 bits per heavy atom. The third-order valence-corrected chi connectivity index (χ3v) is 2.59. The van der Waals surface area contributed by atoms with E-state index in [1.54, 1.807) is 0 Å². The lowest BCUT2D eigenvalue weighted by Crippen LogP contribution is -2.32. The number of rotatable bonds is 4. The zero-order chi connectivity index (χ0) is 11.5. The van der Waals surface area contributed by atoms with Gasteiger partial charge in [0.25, 0.3) is 0 Å². The first-order chi connectivity index (χ1) is 6.97. The largest absolute Gasteiger partial charge is 0.507 e. The van der Waals surface area contributed by atoms with Gasteiger partial charge >= 0.3 is 11.9 Å². The van der Waals surface area contributed by atoms with Crippen LogP contribution in [-0.4, -0.2) is 23.6 Å². The molecule has 6 heteroatoms. The second-order valence-corrected chi connectivity index (χ2v) is 3.83. The van der Waals surface area contributed by atoms with E-state index in [1.807, 2.05) is 0 Å². The molecule has 84 valence electrons. The van der Waals surface area contributed by atoms with Gasteiger partial charge in [-0.3, -0.25) is 0 Å². The molecule has 1 aromatic heterocycles. The van der Waals surface area contributed by atoms with Crippen LogP contribution < -0.4 is 0 Å². The summed E-state index contributed by atoms with van der Waals surface area (Å²) in [6, 6.07) is 1.31. The van der Waals surface area contributed by atoms with Crippen LogP contribution in [0.25, 0.3) is 0 Å². The third-order valence-electron chi connectivity index (χ3n) is 1.68. The fourth-order valence-corrected chi connectivity index (χ4v) is 1.79. The number of halogens is 2. The fraction of sp³-hybridized carbons (Fsp3) is 0.444. The fourth-order valence-electron chi connectivity index (χ4n) is 0.977. The van der Waals surface area contributed by atoms with Crippen molar-refractivity contribution in [2.45, 2.75) is 19.3 Å². The molecule has 0 aromatic carbocycles. The van der Waals surface area contributed by atoms with Gasteiger partial charge in [-0.2, -0.15) is 8.78 Å². The minimum absolute atomic E-state index is 0.0769. The second kappa shape index (κ2) is 4.57. The Bertz CT molecular complexity index is 349. The van der Waals surface area contributed by atoms with Crippen LogP contribution in [0.4, 0.5) is 8.78 Å². The van der Waals surface area contributed by atoms with Gasteiger partial charge in [-0.1, -0.05) is 0 Å². The molecule has 0 radical (unpaired) electrons. The molecule has 0 aliphatic heterocycles. The Kier molecular flexibility index (Phi) is 3.62. The highest BCUT2D eigenvalue weighted by atomic mass is 32.1. The van der Waals surface area contributed by atoms with E-state index in [2.05, 4.69) is 4.74 Å². The number of carbonyl (C=O) groups excluding carboxylic acids is 1. The SMILES string of the molecule is CCOC(=O)C(F)(F)Cc1sccc1O. The van der Waals surface area contributed by atoms with Crippen LogP contribution in [0.3, 0.4) is 0 Å². The third kappa shape index (κ3) is 2.89. The van der Waals surface area contributed by atoms with E-state index >= 15 is 0 Å². The molecule has 0 fully saturated rings. The van der Waals surface area contributed by atoms with Gasteiger partial charge in [0.15, 0.2) is 0 Å². The minimum Gasteiger partial charge on any atom is -0.507 e. The van der Waals surface area contributed by atoms with Crippen molar-refractivity contribution in [3.63, 3.8) is 0 Å². The highest BCUT2D eigenvalue weighted by Crippen LogP contribution is 2.30. The molecule has 0 spiro atoms. The number of thiophene rings is 1. The average molecular weight is 236 g/mol. The van der Waals surface area contributed by atoms with E-state index in [0.717, 1.165) is 11.3 Å². The predicted molar refractivity (Wildman–Crippen MR) is 51.3 cm³/mol. The Hall–Kier alpha value is -1.17. The Balaban J connectivity index is 2.72. The van der Waals surface area contributed by atoms with Crippen molar-refractivity contribution < 1.29 is 23.4 Å². The molecule has 0 saturated heterocycles.